The number of hydrogen-bond acceptors (Lipinski definition) is 3. The number of halogens is 2. The Balaban J connectivity index is 1.67. The molecule has 124 valence electrons. The van der Waals surface area contributed by atoms with Crippen LogP contribution >= 0.6 is 23.2 Å². The van der Waals surface area contributed by atoms with Crippen LogP contribution < -0.4 is 10.6 Å². The van der Waals surface area contributed by atoms with Gasteiger partial charge in [0.05, 0.1) is 6.10 Å². The Morgan fingerprint density at radius 2 is 1.48 bits per heavy atom. The summed E-state index contributed by atoms with van der Waals surface area (Å²) in [6, 6.07) is 15.6. The lowest BCUT2D eigenvalue weighted by atomic mass is 10.1. The molecule has 1 unspecified atom stereocenters. The van der Waals surface area contributed by atoms with Crippen LogP contribution in [-0.2, 0) is 6.54 Å². The minimum absolute atomic E-state index is 0.165. The highest BCUT2D eigenvalue weighted by molar-refractivity contribution is 6.30. The lowest BCUT2D eigenvalue weighted by Crippen LogP contribution is -2.36. The molecule has 2 rings (SSSR count). The van der Waals surface area contributed by atoms with Crippen molar-refractivity contribution in [1.29, 1.82) is 0 Å². The van der Waals surface area contributed by atoms with Crippen molar-refractivity contribution in [3.8, 4) is 0 Å². The van der Waals surface area contributed by atoms with E-state index < -0.39 is 6.10 Å². The Bertz CT molecular complexity index is 587. The average Bonchev–Trinajstić information content (AvgIpc) is 2.55. The summed E-state index contributed by atoms with van der Waals surface area (Å²) in [4.78, 5) is 0. The van der Waals surface area contributed by atoms with Gasteiger partial charge in [-0.15, -0.1) is 0 Å². The second kappa shape index (κ2) is 9.26. The monoisotopic (exact) mass is 352 g/mol. The molecular formula is C18H22Cl2N2O. The number of aliphatic hydroxyl groups is 1. The molecule has 0 spiro atoms. The predicted octanol–water partition coefficient (Wildman–Crippen LogP) is 3.79. The van der Waals surface area contributed by atoms with Crippen molar-refractivity contribution in [2.75, 3.05) is 13.1 Å². The van der Waals surface area contributed by atoms with E-state index in [2.05, 4.69) is 17.6 Å². The first-order chi connectivity index (χ1) is 11.0. The van der Waals surface area contributed by atoms with Crippen LogP contribution in [0.25, 0.3) is 0 Å². The fourth-order valence-electron chi connectivity index (χ4n) is 2.24. The molecule has 0 aliphatic carbocycles. The lowest BCUT2D eigenvalue weighted by molar-refractivity contribution is 0.164. The van der Waals surface area contributed by atoms with Gasteiger partial charge in [-0.05, 0) is 42.3 Å². The standard InChI is InChI=1S/C18H22Cl2N2O/c1-13(15-4-8-17(20)9-5-15)22-12-18(23)11-21-10-14-2-6-16(19)7-3-14/h2-9,13,18,21-23H,10-12H2,1H3/t13-,18?/m0/s1. The Kier molecular flexibility index (Phi) is 7.34. The van der Waals surface area contributed by atoms with E-state index in [0.717, 1.165) is 21.2 Å². The Morgan fingerprint density at radius 3 is 2.09 bits per heavy atom. The third kappa shape index (κ3) is 6.50. The Labute approximate surface area is 147 Å². The van der Waals surface area contributed by atoms with E-state index in [1.807, 2.05) is 48.5 Å². The molecule has 0 aliphatic heterocycles. The Morgan fingerprint density at radius 1 is 0.913 bits per heavy atom. The van der Waals surface area contributed by atoms with E-state index in [-0.39, 0.29) is 6.04 Å². The van der Waals surface area contributed by atoms with Crippen molar-refractivity contribution in [2.24, 2.45) is 0 Å². The summed E-state index contributed by atoms with van der Waals surface area (Å²) < 4.78 is 0. The molecule has 0 aliphatic rings. The normalized spacial score (nSPS) is 13.7. The number of benzene rings is 2. The summed E-state index contributed by atoms with van der Waals surface area (Å²) in [5, 5.41) is 18.1. The first-order valence-electron chi connectivity index (χ1n) is 7.66. The summed E-state index contributed by atoms with van der Waals surface area (Å²) in [6.45, 7) is 3.83. The summed E-state index contributed by atoms with van der Waals surface area (Å²) >= 11 is 11.7. The molecule has 0 radical (unpaired) electrons. The zero-order valence-corrected chi connectivity index (χ0v) is 14.6. The van der Waals surface area contributed by atoms with Crippen molar-refractivity contribution in [3.05, 3.63) is 69.7 Å². The van der Waals surface area contributed by atoms with Gasteiger partial charge in [0.25, 0.3) is 0 Å². The lowest BCUT2D eigenvalue weighted by Gasteiger charge is -2.18. The smallest absolute Gasteiger partial charge is 0.0789 e. The largest absolute Gasteiger partial charge is 0.390 e. The van der Waals surface area contributed by atoms with Gasteiger partial charge in [0.2, 0.25) is 0 Å². The Hall–Kier alpha value is -1.10. The molecular weight excluding hydrogens is 331 g/mol. The molecule has 2 aromatic rings. The first-order valence-corrected chi connectivity index (χ1v) is 8.42. The molecule has 0 fully saturated rings. The van der Waals surface area contributed by atoms with Gasteiger partial charge in [-0.2, -0.15) is 0 Å². The van der Waals surface area contributed by atoms with Gasteiger partial charge in [-0.1, -0.05) is 47.5 Å². The number of nitrogens with one attached hydrogen (secondary N) is 2. The van der Waals surface area contributed by atoms with Crippen molar-refractivity contribution >= 4 is 23.2 Å². The topological polar surface area (TPSA) is 44.3 Å². The summed E-state index contributed by atoms with van der Waals surface area (Å²) in [7, 11) is 0. The number of rotatable bonds is 8. The molecule has 3 N–H and O–H groups in total. The molecule has 3 nitrogen and oxygen atoms in total. The number of aliphatic hydroxyl groups excluding tert-OH is 1. The third-order valence-corrected chi connectivity index (χ3v) is 4.16. The van der Waals surface area contributed by atoms with Crippen molar-refractivity contribution < 1.29 is 5.11 Å². The van der Waals surface area contributed by atoms with Crippen LogP contribution in [0, 0.1) is 0 Å². The molecule has 2 atom stereocenters. The highest BCUT2D eigenvalue weighted by Crippen LogP contribution is 2.15. The van der Waals surface area contributed by atoms with E-state index in [0.29, 0.717) is 19.6 Å². The van der Waals surface area contributed by atoms with E-state index in [1.165, 1.54) is 0 Å². The third-order valence-electron chi connectivity index (χ3n) is 3.65. The SMILES string of the molecule is C[C@H](NCC(O)CNCc1ccc(Cl)cc1)c1ccc(Cl)cc1. The average molecular weight is 353 g/mol. The van der Waals surface area contributed by atoms with Crippen LogP contribution in [-0.4, -0.2) is 24.3 Å². The van der Waals surface area contributed by atoms with E-state index >= 15 is 0 Å². The molecule has 0 heterocycles. The molecule has 0 amide bonds. The van der Waals surface area contributed by atoms with Gasteiger partial charge in [0, 0.05) is 35.7 Å². The van der Waals surface area contributed by atoms with Crippen LogP contribution in [0.15, 0.2) is 48.5 Å². The number of hydrogen-bond donors (Lipinski definition) is 3. The van der Waals surface area contributed by atoms with E-state index in [4.69, 9.17) is 23.2 Å². The molecule has 0 saturated carbocycles. The van der Waals surface area contributed by atoms with Gasteiger partial charge in [-0.3, -0.25) is 0 Å². The fraction of sp³-hybridized carbons (Fsp3) is 0.333. The van der Waals surface area contributed by atoms with Gasteiger partial charge in [0.1, 0.15) is 0 Å². The second-order valence-corrected chi connectivity index (χ2v) is 6.47. The van der Waals surface area contributed by atoms with Crippen LogP contribution in [0.3, 0.4) is 0 Å². The highest BCUT2D eigenvalue weighted by Gasteiger charge is 2.08. The maximum Gasteiger partial charge on any atom is 0.0789 e. The molecule has 0 aromatic heterocycles. The zero-order chi connectivity index (χ0) is 16.7. The second-order valence-electron chi connectivity index (χ2n) is 5.59. The quantitative estimate of drug-likeness (QED) is 0.677. The maximum absolute atomic E-state index is 10.0. The van der Waals surface area contributed by atoms with Crippen LogP contribution in [0.2, 0.25) is 10.0 Å². The first kappa shape index (κ1) is 18.2. The summed E-state index contributed by atoms with van der Waals surface area (Å²) in [5.41, 5.74) is 2.29. The molecule has 23 heavy (non-hydrogen) atoms. The van der Waals surface area contributed by atoms with Crippen LogP contribution in [0.1, 0.15) is 24.1 Å². The predicted molar refractivity (Wildman–Crippen MR) is 97.0 cm³/mol. The maximum atomic E-state index is 10.0. The summed E-state index contributed by atoms with van der Waals surface area (Å²) in [6.07, 6.45) is -0.447. The van der Waals surface area contributed by atoms with Crippen LogP contribution in [0.4, 0.5) is 0 Å². The fourth-order valence-corrected chi connectivity index (χ4v) is 2.49. The minimum Gasteiger partial charge on any atom is -0.390 e. The van der Waals surface area contributed by atoms with Gasteiger partial charge < -0.3 is 15.7 Å². The van der Waals surface area contributed by atoms with E-state index in [1.54, 1.807) is 0 Å². The molecule has 5 heteroatoms. The highest BCUT2D eigenvalue weighted by atomic mass is 35.5. The van der Waals surface area contributed by atoms with Gasteiger partial charge in [0.15, 0.2) is 0 Å². The molecule has 0 bridgehead atoms. The van der Waals surface area contributed by atoms with E-state index in [9.17, 15) is 5.11 Å². The van der Waals surface area contributed by atoms with Crippen molar-refractivity contribution in [1.82, 2.24) is 10.6 Å². The van der Waals surface area contributed by atoms with Crippen molar-refractivity contribution in [2.45, 2.75) is 25.6 Å². The molecule has 2 aromatic carbocycles. The minimum atomic E-state index is -0.447. The summed E-state index contributed by atoms with van der Waals surface area (Å²) in [5.74, 6) is 0. The van der Waals surface area contributed by atoms with Gasteiger partial charge in [-0.25, -0.2) is 0 Å². The van der Waals surface area contributed by atoms with Crippen molar-refractivity contribution in [3.63, 3.8) is 0 Å². The van der Waals surface area contributed by atoms with Gasteiger partial charge >= 0.3 is 0 Å². The zero-order valence-electron chi connectivity index (χ0n) is 13.1. The molecule has 0 saturated heterocycles. The van der Waals surface area contributed by atoms with Crippen LogP contribution in [0.5, 0.6) is 0 Å².